The van der Waals surface area contributed by atoms with E-state index in [0.717, 1.165) is 39.2 Å². The first-order valence-electron chi connectivity index (χ1n) is 13.3. The number of fused-ring (bicyclic) bond motifs is 3. The molecule has 0 unspecified atom stereocenters. The first-order chi connectivity index (χ1) is 19.3. The molecule has 0 bridgehead atoms. The molecule has 208 valence electrons. The summed E-state index contributed by atoms with van der Waals surface area (Å²) in [5, 5.41) is 2.77. The molecule has 0 aliphatic carbocycles. The van der Waals surface area contributed by atoms with Crippen molar-refractivity contribution in [1.29, 1.82) is 0 Å². The van der Waals surface area contributed by atoms with Crippen LogP contribution in [0, 0.1) is 20.8 Å². The molecular weight excluding hydrogens is 510 g/mol. The summed E-state index contributed by atoms with van der Waals surface area (Å²) in [6.07, 6.45) is 3.42. The molecule has 0 spiro atoms. The van der Waals surface area contributed by atoms with E-state index in [1.54, 1.807) is 16.2 Å². The monoisotopic (exact) mass is 543 g/mol. The van der Waals surface area contributed by atoms with Gasteiger partial charge in [0, 0.05) is 31.3 Å². The molecule has 1 N–H and O–H groups in total. The fourth-order valence-electron chi connectivity index (χ4n) is 5.23. The van der Waals surface area contributed by atoms with Crippen LogP contribution < -0.4 is 26.0 Å². The second kappa shape index (κ2) is 11.3. The molecule has 1 aliphatic heterocycles. The lowest BCUT2D eigenvalue weighted by atomic mass is 9.97. The van der Waals surface area contributed by atoms with Gasteiger partial charge in [0.1, 0.15) is 11.8 Å². The first-order valence-corrected chi connectivity index (χ1v) is 13.3. The van der Waals surface area contributed by atoms with Crippen molar-refractivity contribution in [3.05, 3.63) is 86.9 Å². The number of benzene rings is 2. The Morgan fingerprint density at radius 2 is 1.90 bits per heavy atom. The predicted octanol–water partition coefficient (Wildman–Crippen LogP) is 3.86. The van der Waals surface area contributed by atoms with Crippen LogP contribution in [-0.2, 0) is 19.5 Å². The van der Waals surface area contributed by atoms with Gasteiger partial charge in [0.05, 0.1) is 31.3 Å². The Morgan fingerprint density at radius 1 is 1.12 bits per heavy atom. The van der Waals surface area contributed by atoms with Gasteiger partial charge in [0.15, 0.2) is 11.5 Å². The number of carbonyl (C=O) groups excluding carboxylic acids is 1. The Labute approximate surface area is 231 Å². The molecule has 0 saturated heterocycles. The number of hydrogen-bond donors (Lipinski definition) is 1. The third kappa shape index (κ3) is 5.16. The van der Waals surface area contributed by atoms with E-state index in [9.17, 15) is 9.59 Å². The van der Waals surface area contributed by atoms with Gasteiger partial charge in [-0.2, -0.15) is 0 Å². The smallest absolute Gasteiger partial charge is 0.330 e. The first kappa shape index (κ1) is 27.0. The van der Waals surface area contributed by atoms with Gasteiger partial charge in [-0.25, -0.2) is 14.8 Å². The quantitative estimate of drug-likeness (QED) is 0.361. The maximum atomic E-state index is 14.0. The second-order valence-electron chi connectivity index (χ2n) is 9.77. The number of hydrogen-bond acceptors (Lipinski definition) is 7. The van der Waals surface area contributed by atoms with Gasteiger partial charge >= 0.3 is 11.6 Å². The minimum Gasteiger partial charge on any atom is -0.493 e. The third-order valence-corrected chi connectivity index (χ3v) is 6.97. The number of aryl methyl sites for hydroxylation is 4. The van der Waals surface area contributed by atoms with Crippen LogP contribution in [0.25, 0.3) is 11.3 Å². The molecule has 0 fully saturated rings. The fourth-order valence-corrected chi connectivity index (χ4v) is 5.23. The summed E-state index contributed by atoms with van der Waals surface area (Å²) in [6.45, 7) is 9.45. The highest BCUT2D eigenvalue weighted by Gasteiger charge is 2.23. The minimum atomic E-state index is -0.446. The lowest BCUT2D eigenvalue weighted by molar-refractivity contribution is 0.0917. The van der Waals surface area contributed by atoms with E-state index in [2.05, 4.69) is 22.4 Å². The predicted molar refractivity (Wildman–Crippen MR) is 150 cm³/mol. The zero-order chi connectivity index (χ0) is 28.4. The Balaban J connectivity index is 1.64. The number of carbonyl (C=O) groups is 1. The maximum Gasteiger partial charge on any atom is 0.330 e. The SMILES string of the molecule is CCOc1cc2c(cc1OC)-c1cc(=Nc3c(C)cc(C)cc3C)n(CCNC(=O)c3ncco3)c(=O)n1CC2. The molecule has 0 saturated carbocycles. The van der Waals surface area contributed by atoms with Gasteiger partial charge < -0.3 is 19.2 Å². The molecule has 2 aromatic heterocycles. The highest BCUT2D eigenvalue weighted by Crippen LogP contribution is 2.37. The second-order valence-corrected chi connectivity index (χ2v) is 9.77. The molecule has 0 radical (unpaired) electrons. The lowest BCUT2D eigenvalue weighted by Crippen LogP contribution is -2.44. The zero-order valence-corrected chi connectivity index (χ0v) is 23.4. The summed E-state index contributed by atoms with van der Waals surface area (Å²) in [5.41, 5.74) is 7.02. The van der Waals surface area contributed by atoms with Gasteiger partial charge in [0.2, 0.25) is 0 Å². The van der Waals surface area contributed by atoms with E-state index in [0.29, 0.717) is 36.6 Å². The topological polar surface area (TPSA) is 113 Å². The molecular formula is C30H33N5O5. The zero-order valence-electron chi connectivity index (χ0n) is 23.4. The van der Waals surface area contributed by atoms with Crippen LogP contribution in [0.2, 0.25) is 0 Å². The highest BCUT2D eigenvalue weighted by atomic mass is 16.5. The van der Waals surface area contributed by atoms with E-state index >= 15 is 0 Å². The number of amides is 1. The van der Waals surface area contributed by atoms with Crippen LogP contribution in [0.4, 0.5) is 5.69 Å². The van der Waals surface area contributed by atoms with E-state index in [1.807, 2.05) is 45.9 Å². The van der Waals surface area contributed by atoms with Crippen LogP contribution in [0.1, 0.15) is 39.9 Å². The highest BCUT2D eigenvalue weighted by molar-refractivity contribution is 5.89. The Morgan fingerprint density at radius 3 is 2.58 bits per heavy atom. The summed E-state index contributed by atoms with van der Waals surface area (Å²) < 4.78 is 19.8. The molecule has 1 aliphatic rings. The number of methoxy groups -OCH3 is 1. The van der Waals surface area contributed by atoms with Gasteiger partial charge in [-0.3, -0.25) is 13.9 Å². The average molecular weight is 544 g/mol. The van der Waals surface area contributed by atoms with Crippen LogP contribution in [0.5, 0.6) is 11.5 Å². The molecule has 5 rings (SSSR count). The van der Waals surface area contributed by atoms with Crippen molar-refractivity contribution >= 4 is 11.6 Å². The molecule has 10 nitrogen and oxygen atoms in total. The van der Waals surface area contributed by atoms with Crippen molar-refractivity contribution in [1.82, 2.24) is 19.4 Å². The number of ether oxygens (including phenoxy) is 2. The number of nitrogens with zero attached hydrogens (tertiary/aromatic N) is 4. The van der Waals surface area contributed by atoms with E-state index in [-0.39, 0.29) is 24.7 Å². The molecule has 2 aromatic carbocycles. The summed E-state index contributed by atoms with van der Waals surface area (Å²) in [6, 6.07) is 10.0. The minimum absolute atomic E-state index is 0.0278. The standard InChI is InChI=1S/C30H33N5O5/c1-6-39-25-15-21-7-10-34-23(22(21)16-24(25)38-5)17-26(33-27-19(3)13-18(2)14-20(27)4)35(30(34)37)11-8-31-28(36)29-32-9-12-40-29/h9,12-17H,6-8,10-11H2,1-5H3,(H,31,36). The summed E-state index contributed by atoms with van der Waals surface area (Å²) >= 11 is 0. The normalized spacial score (nSPS) is 12.6. The molecule has 3 heterocycles. The Hall–Kier alpha value is -4.60. The summed E-state index contributed by atoms with van der Waals surface area (Å²) in [7, 11) is 1.61. The van der Waals surface area contributed by atoms with Gasteiger partial charge in [-0.15, -0.1) is 0 Å². The van der Waals surface area contributed by atoms with Crippen molar-refractivity contribution in [3.8, 4) is 22.8 Å². The van der Waals surface area contributed by atoms with Crippen LogP contribution in [0.3, 0.4) is 0 Å². The number of aromatic nitrogens is 3. The van der Waals surface area contributed by atoms with Crippen LogP contribution >= 0.6 is 0 Å². The number of oxazole rings is 1. The van der Waals surface area contributed by atoms with Crippen LogP contribution in [-0.4, -0.2) is 40.3 Å². The largest absolute Gasteiger partial charge is 0.493 e. The van der Waals surface area contributed by atoms with Gasteiger partial charge in [0.25, 0.3) is 5.89 Å². The van der Waals surface area contributed by atoms with Crippen molar-refractivity contribution in [3.63, 3.8) is 0 Å². The van der Waals surface area contributed by atoms with Gasteiger partial charge in [-0.1, -0.05) is 17.7 Å². The molecule has 40 heavy (non-hydrogen) atoms. The van der Waals surface area contributed by atoms with E-state index < -0.39 is 5.91 Å². The van der Waals surface area contributed by atoms with E-state index in [1.165, 1.54) is 12.5 Å². The number of nitrogens with one attached hydrogen (secondary N) is 1. The Kier molecular flexibility index (Phi) is 7.59. The van der Waals surface area contributed by atoms with Crippen molar-refractivity contribution in [2.75, 3.05) is 20.3 Å². The Bertz CT molecular complexity index is 1680. The molecule has 0 atom stereocenters. The van der Waals surface area contributed by atoms with Crippen molar-refractivity contribution in [2.45, 2.75) is 47.2 Å². The van der Waals surface area contributed by atoms with Crippen molar-refractivity contribution < 1.29 is 18.7 Å². The molecule has 1 amide bonds. The average Bonchev–Trinajstić information content (AvgIpc) is 3.47. The lowest BCUT2D eigenvalue weighted by Gasteiger charge is -2.25. The summed E-state index contributed by atoms with van der Waals surface area (Å²) in [4.78, 5) is 35.2. The third-order valence-electron chi connectivity index (χ3n) is 6.97. The maximum absolute atomic E-state index is 14.0. The molecule has 4 aromatic rings. The number of rotatable bonds is 8. The van der Waals surface area contributed by atoms with Crippen molar-refractivity contribution in [2.24, 2.45) is 4.99 Å². The molecule has 10 heteroatoms. The van der Waals surface area contributed by atoms with Crippen LogP contribution in [0.15, 0.2) is 57.0 Å². The fraction of sp³-hybridized carbons (Fsp3) is 0.333. The van der Waals surface area contributed by atoms with E-state index in [4.69, 9.17) is 18.9 Å². The summed E-state index contributed by atoms with van der Waals surface area (Å²) in [5.74, 6) is 0.817. The van der Waals surface area contributed by atoms with Gasteiger partial charge in [-0.05, 0) is 62.9 Å².